The van der Waals surface area contributed by atoms with E-state index in [4.69, 9.17) is 5.10 Å². The summed E-state index contributed by atoms with van der Waals surface area (Å²) in [5.74, 6) is 0.102. The number of fused-ring (bicyclic) bond motifs is 2. The fourth-order valence-electron chi connectivity index (χ4n) is 4.78. The van der Waals surface area contributed by atoms with Crippen LogP contribution in [0.3, 0.4) is 0 Å². The second kappa shape index (κ2) is 8.28. The molecule has 0 aliphatic heterocycles. The quantitative estimate of drug-likeness (QED) is 0.431. The normalized spacial score (nSPS) is 19.3. The van der Waals surface area contributed by atoms with Crippen LogP contribution in [0, 0.1) is 5.92 Å². The third kappa shape index (κ3) is 4.12. The summed E-state index contributed by atoms with van der Waals surface area (Å²) >= 11 is 0. The molecular weight excluding hydrogens is 418 g/mol. The number of aromatic nitrogens is 4. The second-order valence-corrected chi connectivity index (χ2v) is 9.52. The van der Waals surface area contributed by atoms with Gasteiger partial charge in [-0.15, -0.1) is 0 Å². The van der Waals surface area contributed by atoms with Crippen molar-refractivity contribution < 1.29 is 15.0 Å². The van der Waals surface area contributed by atoms with Gasteiger partial charge in [0.25, 0.3) is 5.91 Å². The Morgan fingerprint density at radius 2 is 2.00 bits per heavy atom. The molecule has 0 spiro atoms. The minimum Gasteiger partial charge on any atom is -0.396 e. The van der Waals surface area contributed by atoms with Crippen LogP contribution >= 0.6 is 0 Å². The van der Waals surface area contributed by atoms with E-state index in [0.29, 0.717) is 34.3 Å². The first-order chi connectivity index (χ1) is 15.8. The van der Waals surface area contributed by atoms with E-state index in [9.17, 15) is 15.0 Å². The Kier molecular flexibility index (Phi) is 5.42. The molecule has 1 saturated carbocycles. The highest BCUT2D eigenvalue weighted by Gasteiger charge is 2.26. The topological polar surface area (TPSA) is 105 Å². The Morgan fingerprint density at radius 1 is 1.21 bits per heavy atom. The minimum absolute atomic E-state index is 0.249. The van der Waals surface area contributed by atoms with Crippen molar-refractivity contribution in [3.05, 3.63) is 60.0 Å². The van der Waals surface area contributed by atoms with Crippen LogP contribution < -0.4 is 5.32 Å². The zero-order valence-electron chi connectivity index (χ0n) is 18.9. The molecule has 5 rings (SSSR count). The van der Waals surface area contributed by atoms with Crippen molar-refractivity contribution in [2.24, 2.45) is 5.92 Å². The van der Waals surface area contributed by atoms with E-state index in [0.717, 1.165) is 36.6 Å². The fraction of sp³-hybridized carbons (Fsp3) is 0.400. The van der Waals surface area contributed by atoms with Gasteiger partial charge in [-0.05, 0) is 69.7 Å². The Labute approximate surface area is 191 Å². The van der Waals surface area contributed by atoms with E-state index < -0.39 is 5.60 Å². The number of aliphatic hydroxyl groups excluding tert-OH is 1. The largest absolute Gasteiger partial charge is 0.396 e. The molecule has 0 radical (unpaired) electrons. The summed E-state index contributed by atoms with van der Waals surface area (Å²) in [6.45, 7) is 3.65. The maximum atomic E-state index is 13.1. The molecule has 0 bridgehead atoms. The molecule has 33 heavy (non-hydrogen) atoms. The number of benzene rings is 1. The van der Waals surface area contributed by atoms with Crippen LogP contribution in [0.4, 0.5) is 5.69 Å². The molecule has 1 aromatic carbocycles. The summed E-state index contributed by atoms with van der Waals surface area (Å²) in [7, 11) is 0. The van der Waals surface area contributed by atoms with E-state index in [1.54, 1.807) is 30.8 Å². The van der Waals surface area contributed by atoms with Crippen LogP contribution in [0.25, 0.3) is 16.4 Å². The molecule has 3 aromatic heterocycles. The van der Waals surface area contributed by atoms with Crippen molar-refractivity contribution in [1.29, 1.82) is 0 Å². The van der Waals surface area contributed by atoms with Gasteiger partial charge in [0.05, 0.1) is 34.4 Å². The van der Waals surface area contributed by atoms with Gasteiger partial charge in [-0.25, -0.2) is 4.52 Å². The predicted molar refractivity (Wildman–Crippen MR) is 126 cm³/mol. The minimum atomic E-state index is -1.17. The number of rotatable bonds is 5. The first-order valence-electron chi connectivity index (χ1n) is 11.4. The standard InChI is InChI=1S/C25H29N5O3/c1-25(2,33)20-12-21-17(14-30(28-21)18-8-6-16(15-31)7-9-18)11-22(20)27-24(32)19-13-26-29-10-4-3-5-23(19)29/h3-5,10-14,16,18,31,33H,6-9,15H2,1-2H3,(H,27,32). The number of nitrogens with zero attached hydrogens (tertiary/aromatic N) is 4. The molecular formula is C25H29N5O3. The SMILES string of the molecule is CC(C)(O)c1cc2nn(C3CCC(CO)CC3)cc2cc1NC(=O)c1cnn2ccccc12. The zero-order valence-corrected chi connectivity index (χ0v) is 18.9. The molecule has 1 aliphatic rings. The summed E-state index contributed by atoms with van der Waals surface area (Å²) in [6.07, 6.45) is 9.31. The number of pyridine rings is 1. The van der Waals surface area contributed by atoms with Crippen molar-refractivity contribution >= 4 is 28.0 Å². The van der Waals surface area contributed by atoms with Crippen molar-refractivity contribution in [2.45, 2.75) is 51.2 Å². The smallest absolute Gasteiger partial charge is 0.259 e. The first kappa shape index (κ1) is 21.6. The third-order valence-corrected chi connectivity index (χ3v) is 6.69. The van der Waals surface area contributed by atoms with Crippen LogP contribution in [0.2, 0.25) is 0 Å². The highest BCUT2D eigenvalue weighted by atomic mass is 16.3. The van der Waals surface area contributed by atoms with Gasteiger partial charge in [0.15, 0.2) is 0 Å². The van der Waals surface area contributed by atoms with Crippen LogP contribution in [0.5, 0.6) is 0 Å². The summed E-state index contributed by atoms with van der Waals surface area (Å²) in [4.78, 5) is 13.1. The maximum Gasteiger partial charge on any atom is 0.259 e. The van der Waals surface area contributed by atoms with Crippen molar-refractivity contribution in [1.82, 2.24) is 19.4 Å². The number of nitrogens with one attached hydrogen (secondary N) is 1. The number of hydrogen-bond donors (Lipinski definition) is 3. The average molecular weight is 448 g/mol. The maximum absolute atomic E-state index is 13.1. The van der Waals surface area contributed by atoms with Crippen molar-refractivity contribution in [3.63, 3.8) is 0 Å². The molecule has 1 fully saturated rings. The van der Waals surface area contributed by atoms with Gasteiger partial charge in [0.1, 0.15) is 0 Å². The van der Waals surface area contributed by atoms with E-state index in [-0.39, 0.29) is 12.5 Å². The average Bonchev–Trinajstić information content (AvgIpc) is 3.42. The molecule has 4 aromatic rings. The number of anilines is 1. The molecule has 8 nitrogen and oxygen atoms in total. The van der Waals surface area contributed by atoms with E-state index in [1.807, 2.05) is 41.2 Å². The fourth-order valence-corrected chi connectivity index (χ4v) is 4.78. The second-order valence-electron chi connectivity index (χ2n) is 9.52. The molecule has 0 unspecified atom stereocenters. The van der Waals surface area contributed by atoms with E-state index in [2.05, 4.69) is 10.4 Å². The van der Waals surface area contributed by atoms with Gasteiger partial charge in [-0.1, -0.05) is 6.07 Å². The highest BCUT2D eigenvalue weighted by Crippen LogP contribution is 2.35. The molecule has 8 heteroatoms. The molecule has 172 valence electrons. The van der Waals surface area contributed by atoms with Gasteiger partial charge in [-0.2, -0.15) is 10.2 Å². The lowest BCUT2D eigenvalue weighted by Gasteiger charge is -2.27. The lowest BCUT2D eigenvalue weighted by Crippen LogP contribution is -2.21. The van der Waals surface area contributed by atoms with Crippen LogP contribution in [-0.2, 0) is 5.60 Å². The molecule has 3 N–H and O–H groups in total. The Bertz CT molecular complexity index is 1310. The molecule has 0 saturated heterocycles. The summed E-state index contributed by atoms with van der Waals surface area (Å²) < 4.78 is 3.66. The number of carbonyl (C=O) groups excluding carboxylic acids is 1. The number of carbonyl (C=O) groups is 1. The summed E-state index contributed by atoms with van der Waals surface area (Å²) in [5.41, 5.74) is 1.96. The zero-order chi connectivity index (χ0) is 23.2. The lowest BCUT2D eigenvalue weighted by molar-refractivity contribution is 0.0794. The van der Waals surface area contributed by atoms with Gasteiger partial charge < -0.3 is 15.5 Å². The molecule has 3 heterocycles. The van der Waals surface area contributed by atoms with Gasteiger partial charge >= 0.3 is 0 Å². The Morgan fingerprint density at radius 3 is 2.73 bits per heavy atom. The van der Waals surface area contributed by atoms with Gasteiger partial charge in [0.2, 0.25) is 0 Å². The summed E-state index contributed by atoms with van der Waals surface area (Å²) in [5, 5.41) is 33.2. The lowest BCUT2D eigenvalue weighted by atomic mass is 9.87. The van der Waals surface area contributed by atoms with Gasteiger partial charge in [-0.3, -0.25) is 9.48 Å². The van der Waals surface area contributed by atoms with E-state index in [1.165, 1.54) is 0 Å². The Balaban J connectivity index is 1.48. The molecule has 1 amide bonds. The molecule has 1 aliphatic carbocycles. The van der Waals surface area contributed by atoms with E-state index >= 15 is 0 Å². The van der Waals surface area contributed by atoms with Gasteiger partial charge in [0, 0.05) is 35.6 Å². The monoisotopic (exact) mass is 447 g/mol. The highest BCUT2D eigenvalue weighted by molar-refractivity contribution is 6.09. The molecule has 0 atom stereocenters. The number of hydrogen-bond acceptors (Lipinski definition) is 5. The third-order valence-electron chi connectivity index (χ3n) is 6.69. The van der Waals surface area contributed by atoms with Crippen LogP contribution in [0.15, 0.2) is 48.9 Å². The van der Waals surface area contributed by atoms with Crippen molar-refractivity contribution in [2.75, 3.05) is 11.9 Å². The number of aliphatic hydroxyl groups is 2. The van der Waals surface area contributed by atoms with Crippen LogP contribution in [-0.4, -0.2) is 42.1 Å². The summed E-state index contributed by atoms with van der Waals surface area (Å²) in [6, 6.07) is 9.60. The Hall–Kier alpha value is -3.23. The van der Waals surface area contributed by atoms with Crippen molar-refractivity contribution in [3.8, 4) is 0 Å². The number of amides is 1. The first-order valence-corrected chi connectivity index (χ1v) is 11.4. The van der Waals surface area contributed by atoms with Crippen LogP contribution in [0.1, 0.15) is 61.5 Å². The predicted octanol–water partition coefficient (Wildman–Crippen LogP) is 3.89.